The molecule has 0 spiro atoms. The Bertz CT molecular complexity index is 723. The van der Waals surface area contributed by atoms with Gasteiger partial charge in [0.15, 0.2) is 0 Å². The summed E-state index contributed by atoms with van der Waals surface area (Å²) in [6.45, 7) is 8.59. The largest absolute Gasteiger partial charge is 0.497 e. The Hall–Kier alpha value is -1.96. The molecule has 0 aliphatic carbocycles. The number of nitrogens with zero attached hydrogens (tertiary/aromatic N) is 3. The number of ether oxygens (including phenoxy) is 1. The van der Waals surface area contributed by atoms with Crippen LogP contribution in [0.5, 0.6) is 5.75 Å². The van der Waals surface area contributed by atoms with Gasteiger partial charge >= 0.3 is 0 Å². The fraction of sp³-hybridized carbons (Fsp3) is 0.474. The van der Waals surface area contributed by atoms with Crippen LogP contribution < -0.4 is 10.1 Å². The van der Waals surface area contributed by atoms with Gasteiger partial charge in [0.05, 0.1) is 23.9 Å². The second kappa shape index (κ2) is 8.62. The minimum atomic E-state index is -0.152. The van der Waals surface area contributed by atoms with Crippen LogP contribution in [0, 0.1) is 6.92 Å². The molecule has 1 amide bonds. The smallest absolute Gasteiger partial charge is 0.241 e. The number of amides is 1. The first-order chi connectivity index (χ1) is 12.5. The van der Waals surface area contributed by atoms with Crippen LogP contribution in [0.1, 0.15) is 17.6 Å². The minimum Gasteiger partial charge on any atom is -0.497 e. The lowest BCUT2D eigenvalue weighted by atomic mass is 10.2. The monoisotopic (exact) mass is 374 g/mol. The van der Waals surface area contributed by atoms with E-state index in [4.69, 9.17) is 4.74 Å². The van der Waals surface area contributed by atoms with Crippen molar-refractivity contribution in [2.75, 3.05) is 38.6 Å². The second-order valence-electron chi connectivity index (χ2n) is 6.56. The Morgan fingerprint density at radius 3 is 2.54 bits per heavy atom. The second-order valence-corrected chi connectivity index (χ2v) is 7.63. The highest BCUT2D eigenvalue weighted by atomic mass is 32.1. The number of hydrogen-bond donors (Lipinski definition) is 1. The molecule has 1 N–H and O–H groups in total. The number of thiazole rings is 1. The van der Waals surface area contributed by atoms with Crippen LogP contribution in [0.15, 0.2) is 29.6 Å². The summed E-state index contributed by atoms with van der Waals surface area (Å²) < 4.78 is 5.14. The predicted molar refractivity (Wildman–Crippen MR) is 105 cm³/mol. The number of benzene rings is 1. The molecule has 1 saturated heterocycles. The molecular formula is C19H26N4O2S. The summed E-state index contributed by atoms with van der Waals surface area (Å²) in [5, 5.41) is 6.23. The maximum atomic E-state index is 12.5. The van der Waals surface area contributed by atoms with Crippen molar-refractivity contribution in [3.05, 3.63) is 40.3 Å². The van der Waals surface area contributed by atoms with E-state index in [1.54, 1.807) is 18.4 Å². The molecule has 6 nitrogen and oxygen atoms in total. The standard InChI is InChI=1S/C19H26N4O2S/c1-14(19(24)21-16-4-6-18(25-3)7-5-16)23-10-8-22(9-11-23)12-17-13-26-15(2)20-17/h4-7,13-14H,8-12H2,1-3H3,(H,21,24). The summed E-state index contributed by atoms with van der Waals surface area (Å²) in [6.07, 6.45) is 0. The zero-order valence-electron chi connectivity index (χ0n) is 15.6. The minimum absolute atomic E-state index is 0.0266. The zero-order chi connectivity index (χ0) is 18.5. The molecule has 1 aromatic heterocycles. The molecule has 3 rings (SSSR count). The van der Waals surface area contributed by atoms with E-state index in [2.05, 4.69) is 25.5 Å². The van der Waals surface area contributed by atoms with Crippen LogP contribution in [0.25, 0.3) is 0 Å². The molecule has 2 heterocycles. The maximum absolute atomic E-state index is 12.5. The average Bonchev–Trinajstić information content (AvgIpc) is 3.07. The van der Waals surface area contributed by atoms with Crippen LogP contribution in [-0.2, 0) is 11.3 Å². The number of carbonyl (C=O) groups is 1. The van der Waals surface area contributed by atoms with Crippen molar-refractivity contribution < 1.29 is 9.53 Å². The van der Waals surface area contributed by atoms with Crippen molar-refractivity contribution in [3.63, 3.8) is 0 Å². The third-order valence-corrected chi connectivity index (χ3v) is 5.57. The van der Waals surface area contributed by atoms with Crippen LogP contribution in [-0.4, -0.2) is 60.0 Å². The first kappa shape index (κ1) is 18.8. The molecule has 1 aliphatic heterocycles. The maximum Gasteiger partial charge on any atom is 0.241 e. The van der Waals surface area contributed by atoms with Gasteiger partial charge in [0.2, 0.25) is 5.91 Å². The summed E-state index contributed by atoms with van der Waals surface area (Å²) in [7, 11) is 1.63. The van der Waals surface area contributed by atoms with Gasteiger partial charge in [0.1, 0.15) is 5.75 Å². The van der Waals surface area contributed by atoms with E-state index in [-0.39, 0.29) is 11.9 Å². The molecule has 0 saturated carbocycles. The highest BCUT2D eigenvalue weighted by molar-refractivity contribution is 7.09. The predicted octanol–water partition coefficient (Wildman–Crippen LogP) is 2.60. The van der Waals surface area contributed by atoms with E-state index < -0.39 is 0 Å². The van der Waals surface area contributed by atoms with Crippen molar-refractivity contribution >= 4 is 22.9 Å². The lowest BCUT2D eigenvalue weighted by Crippen LogP contribution is -2.52. The first-order valence-corrected chi connectivity index (χ1v) is 9.75. The van der Waals surface area contributed by atoms with Crippen molar-refractivity contribution in [1.29, 1.82) is 0 Å². The number of carbonyl (C=O) groups excluding carboxylic acids is 1. The van der Waals surface area contributed by atoms with Crippen molar-refractivity contribution in [1.82, 2.24) is 14.8 Å². The normalized spacial score (nSPS) is 17.0. The molecule has 26 heavy (non-hydrogen) atoms. The topological polar surface area (TPSA) is 57.7 Å². The number of piperazine rings is 1. The first-order valence-electron chi connectivity index (χ1n) is 8.87. The third-order valence-electron chi connectivity index (χ3n) is 4.74. The number of aromatic nitrogens is 1. The fourth-order valence-electron chi connectivity index (χ4n) is 3.11. The van der Waals surface area contributed by atoms with Gasteiger partial charge in [-0.1, -0.05) is 0 Å². The molecule has 1 fully saturated rings. The van der Waals surface area contributed by atoms with E-state index in [0.29, 0.717) is 0 Å². The molecule has 140 valence electrons. The lowest BCUT2D eigenvalue weighted by Gasteiger charge is -2.37. The van der Waals surface area contributed by atoms with Crippen LogP contribution in [0.4, 0.5) is 5.69 Å². The molecule has 1 aromatic carbocycles. The van der Waals surface area contributed by atoms with Crippen LogP contribution >= 0.6 is 11.3 Å². The molecule has 1 aliphatic rings. The molecule has 7 heteroatoms. The highest BCUT2D eigenvalue weighted by Gasteiger charge is 2.25. The van der Waals surface area contributed by atoms with E-state index in [9.17, 15) is 4.79 Å². The zero-order valence-corrected chi connectivity index (χ0v) is 16.4. The molecule has 0 radical (unpaired) electrons. The van der Waals surface area contributed by atoms with E-state index in [1.165, 1.54) is 0 Å². The van der Waals surface area contributed by atoms with Crippen LogP contribution in [0.3, 0.4) is 0 Å². The SMILES string of the molecule is COc1ccc(NC(=O)C(C)N2CCN(Cc3csc(C)n3)CC2)cc1. The van der Waals surface area contributed by atoms with Gasteiger partial charge in [0, 0.05) is 43.8 Å². The van der Waals surface area contributed by atoms with Gasteiger partial charge in [-0.3, -0.25) is 14.6 Å². The number of nitrogens with one attached hydrogen (secondary N) is 1. The molecule has 1 unspecified atom stereocenters. The van der Waals surface area contributed by atoms with Gasteiger partial charge in [-0.05, 0) is 38.1 Å². The Labute approximate surface area is 158 Å². The van der Waals surface area contributed by atoms with Crippen molar-refractivity contribution in [2.45, 2.75) is 26.4 Å². The molecule has 2 aromatic rings. The Morgan fingerprint density at radius 2 is 1.96 bits per heavy atom. The van der Waals surface area contributed by atoms with Crippen molar-refractivity contribution in [3.8, 4) is 5.75 Å². The summed E-state index contributed by atoms with van der Waals surface area (Å²) >= 11 is 1.70. The third kappa shape index (κ3) is 4.81. The Balaban J connectivity index is 1.47. The summed E-state index contributed by atoms with van der Waals surface area (Å²) in [4.78, 5) is 21.7. The number of aryl methyl sites for hydroxylation is 1. The molecular weight excluding hydrogens is 348 g/mol. The average molecular weight is 375 g/mol. The molecule has 0 bridgehead atoms. The summed E-state index contributed by atoms with van der Waals surface area (Å²) in [6, 6.07) is 7.26. The van der Waals surface area contributed by atoms with Crippen molar-refractivity contribution in [2.24, 2.45) is 0 Å². The van der Waals surface area contributed by atoms with Crippen LogP contribution in [0.2, 0.25) is 0 Å². The quantitative estimate of drug-likeness (QED) is 0.842. The Kier molecular flexibility index (Phi) is 6.24. The van der Waals surface area contributed by atoms with Gasteiger partial charge in [0.25, 0.3) is 0 Å². The van der Waals surface area contributed by atoms with E-state index in [1.807, 2.05) is 38.1 Å². The van der Waals surface area contributed by atoms with Gasteiger partial charge in [-0.2, -0.15) is 0 Å². The molecule has 1 atom stereocenters. The number of methoxy groups -OCH3 is 1. The number of anilines is 1. The number of rotatable bonds is 6. The van der Waals surface area contributed by atoms with Gasteiger partial charge < -0.3 is 10.1 Å². The van der Waals surface area contributed by atoms with Gasteiger partial charge in [-0.25, -0.2) is 4.98 Å². The summed E-state index contributed by atoms with van der Waals surface area (Å²) in [5.74, 6) is 0.807. The van der Waals surface area contributed by atoms with Gasteiger partial charge in [-0.15, -0.1) is 11.3 Å². The summed E-state index contributed by atoms with van der Waals surface area (Å²) in [5.41, 5.74) is 1.94. The lowest BCUT2D eigenvalue weighted by molar-refractivity contribution is -0.121. The highest BCUT2D eigenvalue weighted by Crippen LogP contribution is 2.17. The fourth-order valence-corrected chi connectivity index (χ4v) is 3.71. The van der Waals surface area contributed by atoms with E-state index >= 15 is 0 Å². The van der Waals surface area contributed by atoms with E-state index in [0.717, 1.165) is 54.9 Å². The Morgan fingerprint density at radius 1 is 1.27 bits per heavy atom. The number of hydrogen-bond acceptors (Lipinski definition) is 6.